The smallest absolute Gasteiger partial charge is 0.374 e. The van der Waals surface area contributed by atoms with Gasteiger partial charge >= 0.3 is 47.6 Å². The maximum atomic E-state index is 14.5. The molecule has 0 saturated heterocycles. The normalized spacial score (nSPS) is 16.8. The summed E-state index contributed by atoms with van der Waals surface area (Å²) in [5.41, 5.74) is -2.67. The summed E-state index contributed by atoms with van der Waals surface area (Å²) in [5, 5.41) is 0. The van der Waals surface area contributed by atoms with E-state index in [0.29, 0.717) is 32.4 Å². The van der Waals surface area contributed by atoms with E-state index >= 15 is 0 Å². The fourth-order valence-corrected chi connectivity index (χ4v) is 3.34. The lowest BCUT2D eigenvalue weighted by Crippen LogP contribution is -2.74. The van der Waals surface area contributed by atoms with Crippen LogP contribution in [0, 0.1) is 0 Å². The van der Waals surface area contributed by atoms with Crippen molar-refractivity contribution in [2.75, 3.05) is 7.11 Å². The fraction of sp³-hybridized carbons (Fsp3) is 0.714. The summed E-state index contributed by atoms with van der Waals surface area (Å²) in [4.78, 5) is 0. The van der Waals surface area contributed by atoms with Crippen molar-refractivity contribution in [3.8, 4) is 0 Å². The van der Waals surface area contributed by atoms with Crippen molar-refractivity contribution in [1.29, 1.82) is 0 Å². The van der Waals surface area contributed by atoms with Crippen LogP contribution in [0.2, 0.25) is 0 Å². The van der Waals surface area contributed by atoms with E-state index in [9.17, 15) is 74.6 Å². The van der Waals surface area contributed by atoms with Gasteiger partial charge in [-0.1, -0.05) is 37.6 Å². The number of ether oxygens (including phenoxy) is 1. The van der Waals surface area contributed by atoms with Crippen LogP contribution < -0.4 is 0 Å². The third kappa shape index (κ3) is 5.25. The minimum Gasteiger partial charge on any atom is -0.374 e. The maximum Gasteiger partial charge on any atom is 0.460 e. The average Bonchev–Trinajstić information content (AvgIpc) is 2.77. The Morgan fingerprint density at radius 2 is 0.923 bits per heavy atom. The van der Waals surface area contributed by atoms with Crippen molar-refractivity contribution in [2.24, 2.45) is 0 Å². The molecule has 0 aliphatic rings. The first-order valence-corrected chi connectivity index (χ1v) is 10.4. The van der Waals surface area contributed by atoms with Gasteiger partial charge in [-0.15, -0.1) is 0 Å². The molecule has 0 bridgehead atoms. The highest BCUT2D eigenvalue weighted by molar-refractivity contribution is 5.28. The quantitative estimate of drug-likeness (QED) is 0.215. The number of halogens is 17. The number of alkyl halides is 17. The number of hydrogen-bond acceptors (Lipinski definition) is 1. The van der Waals surface area contributed by atoms with E-state index in [-0.39, 0.29) is 0 Å². The summed E-state index contributed by atoms with van der Waals surface area (Å²) in [7, 11) is 0.564. The van der Waals surface area contributed by atoms with Crippen LogP contribution in [-0.2, 0) is 16.8 Å². The highest BCUT2D eigenvalue weighted by Gasteiger charge is 2.95. The van der Waals surface area contributed by atoms with E-state index < -0.39 is 65.2 Å². The first kappa shape index (κ1) is 35.0. The Hall–Kier alpha value is -2.01. The molecular formula is C21H19F17O. The molecule has 0 amide bonds. The molecule has 0 heterocycles. The molecule has 0 aliphatic carbocycles. The number of benzene rings is 1. The second-order valence-corrected chi connectivity index (χ2v) is 8.71. The van der Waals surface area contributed by atoms with Crippen LogP contribution in [0.4, 0.5) is 74.6 Å². The monoisotopic (exact) mass is 610 g/mol. The van der Waals surface area contributed by atoms with Gasteiger partial charge in [-0.25, -0.2) is 0 Å². The molecular weight excluding hydrogens is 591 g/mol. The summed E-state index contributed by atoms with van der Waals surface area (Å²) in [6, 6.07) is 4.45. The van der Waals surface area contributed by atoms with E-state index in [1.807, 2.05) is 0 Å². The van der Waals surface area contributed by atoms with Crippen LogP contribution in [0.5, 0.6) is 0 Å². The highest BCUT2D eigenvalue weighted by Crippen LogP contribution is 2.64. The van der Waals surface area contributed by atoms with Gasteiger partial charge in [0.05, 0.1) is 12.0 Å². The van der Waals surface area contributed by atoms with Gasteiger partial charge in [0.2, 0.25) is 0 Å². The van der Waals surface area contributed by atoms with Crippen molar-refractivity contribution < 1.29 is 79.4 Å². The van der Waals surface area contributed by atoms with Gasteiger partial charge in [0.1, 0.15) is 0 Å². The van der Waals surface area contributed by atoms with Crippen LogP contribution in [0.15, 0.2) is 24.3 Å². The fourth-order valence-electron chi connectivity index (χ4n) is 3.34. The molecule has 0 aromatic heterocycles. The molecule has 18 heteroatoms. The molecule has 0 fully saturated rings. The molecule has 1 unspecified atom stereocenters. The Morgan fingerprint density at radius 1 is 0.564 bits per heavy atom. The van der Waals surface area contributed by atoms with E-state index in [1.165, 1.54) is 12.1 Å². The van der Waals surface area contributed by atoms with Crippen LogP contribution in [0.3, 0.4) is 0 Å². The van der Waals surface area contributed by atoms with Gasteiger partial charge in [0.15, 0.2) is 0 Å². The molecule has 39 heavy (non-hydrogen) atoms. The molecule has 228 valence electrons. The Bertz CT molecular complexity index is 981. The first-order chi connectivity index (χ1) is 17.1. The molecule has 1 aromatic rings. The van der Waals surface area contributed by atoms with E-state index in [0.717, 1.165) is 12.1 Å². The number of rotatable bonds is 12. The van der Waals surface area contributed by atoms with E-state index in [4.69, 9.17) is 0 Å². The van der Waals surface area contributed by atoms with Crippen molar-refractivity contribution in [2.45, 2.75) is 86.3 Å². The summed E-state index contributed by atoms with van der Waals surface area (Å²) in [6.07, 6.45) is -9.49. The Kier molecular flexibility index (Phi) is 9.09. The summed E-state index contributed by atoms with van der Waals surface area (Å²) >= 11 is 0. The van der Waals surface area contributed by atoms with Crippen molar-refractivity contribution in [1.82, 2.24) is 0 Å². The van der Waals surface area contributed by atoms with Crippen LogP contribution in [0.1, 0.15) is 37.8 Å². The van der Waals surface area contributed by atoms with Gasteiger partial charge in [-0.3, -0.25) is 0 Å². The van der Waals surface area contributed by atoms with E-state index in [2.05, 4.69) is 4.74 Å². The third-order valence-electron chi connectivity index (χ3n) is 5.90. The van der Waals surface area contributed by atoms with E-state index in [1.54, 1.807) is 6.92 Å². The summed E-state index contributed by atoms with van der Waals surface area (Å²) in [6.45, 7) is 2.28. The molecule has 0 saturated carbocycles. The molecule has 1 rings (SSSR count). The van der Waals surface area contributed by atoms with Gasteiger partial charge < -0.3 is 4.74 Å². The largest absolute Gasteiger partial charge is 0.460 e. The lowest BCUT2D eigenvalue weighted by molar-refractivity contribution is -0.462. The van der Waals surface area contributed by atoms with Crippen LogP contribution >= 0.6 is 0 Å². The van der Waals surface area contributed by atoms with Gasteiger partial charge in [-0.2, -0.15) is 74.6 Å². The third-order valence-corrected chi connectivity index (χ3v) is 5.90. The van der Waals surface area contributed by atoms with Crippen LogP contribution in [-0.4, -0.2) is 54.7 Å². The minimum absolute atomic E-state index is 0.422. The second kappa shape index (κ2) is 10.1. The molecule has 0 aliphatic heterocycles. The number of aryl methyl sites for hydroxylation is 1. The minimum atomic E-state index is -8.65. The Balaban J connectivity index is 3.61. The summed E-state index contributed by atoms with van der Waals surface area (Å²) < 4.78 is 234. The lowest BCUT2D eigenvalue weighted by Gasteiger charge is -2.44. The Morgan fingerprint density at radius 3 is 1.26 bits per heavy atom. The van der Waals surface area contributed by atoms with Crippen LogP contribution in [0.25, 0.3) is 0 Å². The van der Waals surface area contributed by atoms with Crippen molar-refractivity contribution in [3.05, 3.63) is 35.4 Å². The number of methoxy groups -OCH3 is 1. The molecule has 1 aromatic carbocycles. The number of hydrogen-bond donors (Lipinski definition) is 0. The Labute approximate surface area is 209 Å². The predicted molar refractivity (Wildman–Crippen MR) is 100 cm³/mol. The van der Waals surface area contributed by atoms with Crippen molar-refractivity contribution >= 4 is 0 Å². The summed E-state index contributed by atoms with van der Waals surface area (Å²) in [5.74, 6) is -56.6. The van der Waals surface area contributed by atoms with Gasteiger partial charge in [-0.05, 0) is 24.5 Å². The second-order valence-electron chi connectivity index (χ2n) is 8.71. The molecule has 1 nitrogen and oxygen atoms in total. The highest BCUT2D eigenvalue weighted by atomic mass is 19.4. The first-order valence-electron chi connectivity index (χ1n) is 10.4. The average molecular weight is 610 g/mol. The molecule has 0 spiro atoms. The molecule has 1 atom stereocenters. The SMILES string of the molecule is CCCc1ccc(C(C)(CC(F)(F)C(F)(F)C(F)(F)C(F)(F)C(F)(F)C(F)(F)C(F)(F)C(F)(F)F)OC)cc1. The van der Waals surface area contributed by atoms with Gasteiger partial charge in [0.25, 0.3) is 0 Å². The molecule has 0 N–H and O–H groups in total. The van der Waals surface area contributed by atoms with Crippen molar-refractivity contribution in [3.63, 3.8) is 0 Å². The zero-order valence-electron chi connectivity index (χ0n) is 19.8. The zero-order chi connectivity index (χ0) is 31.3. The standard InChI is InChI=1S/C21H19F17O/c1-4-5-11-6-8-12(9-7-11)13(2,39-3)10-14(22,23)15(24,25)16(26,27)17(28,29)18(30,31)19(32,33)20(34,35)21(36,37)38/h6-9H,4-5,10H2,1-3H3. The van der Waals surface area contributed by atoms with Gasteiger partial charge in [0, 0.05) is 7.11 Å². The maximum absolute atomic E-state index is 14.5. The predicted octanol–water partition coefficient (Wildman–Crippen LogP) is 8.90. The lowest BCUT2D eigenvalue weighted by atomic mass is 9.83. The topological polar surface area (TPSA) is 9.23 Å². The zero-order valence-corrected chi connectivity index (χ0v) is 19.8. The molecule has 0 radical (unpaired) electrons.